The van der Waals surface area contributed by atoms with Gasteiger partial charge in [0.25, 0.3) is 0 Å². The number of carboxylic acids is 1. The molecule has 1 fully saturated rings. The summed E-state index contributed by atoms with van der Waals surface area (Å²) in [6.45, 7) is 0. The second kappa shape index (κ2) is 9.80. The van der Waals surface area contributed by atoms with Crippen LogP contribution in [0.5, 0.6) is 28.7 Å². The molecule has 166 valence electrons. The third-order valence-corrected chi connectivity index (χ3v) is 5.94. The first-order valence-electron chi connectivity index (χ1n) is 9.22. The monoisotopic (exact) mass is 449 g/mol. The van der Waals surface area contributed by atoms with Crippen LogP contribution in [0.2, 0.25) is 0 Å². The van der Waals surface area contributed by atoms with Crippen molar-refractivity contribution in [3.05, 3.63) is 41.5 Å². The number of thioether (sulfide) groups is 1. The fourth-order valence-corrected chi connectivity index (χ4v) is 4.32. The number of carbonyl (C=O) groups excluding carboxylic acids is 1. The van der Waals surface area contributed by atoms with Crippen LogP contribution >= 0.6 is 11.8 Å². The highest BCUT2D eigenvalue weighted by Crippen LogP contribution is 2.40. The Morgan fingerprint density at radius 1 is 0.935 bits per heavy atom. The smallest absolute Gasteiger partial charge is 0.343 e. The molecule has 2 N–H and O–H groups in total. The van der Waals surface area contributed by atoms with Gasteiger partial charge in [-0.25, -0.2) is 4.79 Å². The van der Waals surface area contributed by atoms with E-state index >= 15 is 0 Å². The lowest BCUT2D eigenvalue weighted by molar-refractivity contribution is -0.138. The second-order valence-electron chi connectivity index (χ2n) is 6.48. The van der Waals surface area contributed by atoms with Crippen molar-refractivity contribution in [2.24, 2.45) is 0 Å². The molecule has 1 aliphatic rings. The van der Waals surface area contributed by atoms with Crippen molar-refractivity contribution in [2.75, 3.05) is 34.2 Å². The standard InChI is InChI=1S/C21H23NO8S/c1-26-15-7-11(19-22-13(10-31-19)20(23)24)5-6-14(15)30-21(25)12-8-16(27-2)18(29-4)17(9-12)28-3/h5-9,13,19,22H,10H2,1-4H3,(H,23,24). The van der Waals surface area contributed by atoms with Crippen LogP contribution in [0.1, 0.15) is 21.3 Å². The molecule has 1 heterocycles. The molecule has 1 saturated heterocycles. The summed E-state index contributed by atoms with van der Waals surface area (Å²) in [4.78, 5) is 23.9. The number of benzene rings is 2. The molecule has 2 aromatic rings. The number of hydrogen-bond donors (Lipinski definition) is 2. The van der Waals surface area contributed by atoms with Gasteiger partial charge in [-0.2, -0.15) is 0 Å². The van der Waals surface area contributed by atoms with Gasteiger partial charge in [0.2, 0.25) is 5.75 Å². The molecule has 0 amide bonds. The van der Waals surface area contributed by atoms with Crippen LogP contribution in [-0.4, -0.2) is 57.3 Å². The van der Waals surface area contributed by atoms with Crippen molar-refractivity contribution in [1.82, 2.24) is 5.32 Å². The molecule has 1 aliphatic heterocycles. The summed E-state index contributed by atoms with van der Waals surface area (Å²) in [6, 6.07) is 7.46. The van der Waals surface area contributed by atoms with Crippen LogP contribution in [0.4, 0.5) is 0 Å². The normalized spacial score (nSPS) is 17.7. The average Bonchev–Trinajstić information content (AvgIpc) is 3.28. The maximum atomic E-state index is 12.8. The van der Waals surface area contributed by atoms with E-state index in [1.807, 2.05) is 0 Å². The number of hydrogen-bond acceptors (Lipinski definition) is 9. The van der Waals surface area contributed by atoms with E-state index in [0.717, 1.165) is 5.56 Å². The molecule has 9 nitrogen and oxygen atoms in total. The van der Waals surface area contributed by atoms with Gasteiger partial charge in [-0.05, 0) is 29.8 Å². The van der Waals surface area contributed by atoms with E-state index in [4.69, 9.17) is 28.8 Å². The maximum Gasteiger partial charge on any atom is 0.343 e. The number of methoxy groups -OCH3 is 4. The van der Waals surface area contributed by atoms with Gasteiger partial charge in [0.05, 0.1) is 39.4 Å². The molecule has 0 aromatic heterocycles. The zero-order valence-electron chi connectivity index (χ0n) is 17.5. The lowest BCUT2D eigenvalue weighted by Crippen LogP contribution is -2.33. The third kappa shape index (κ3) is 4.80. The van der Waals surface area contributed by atoms with E-state index in [1.54, 1.807) is 18.2 Å². The summed E-state index contributed by atoms with van der Waals surface area (Å²) in [6.07, 6.45) is 0. The lowest BCUT2D eigenvalue weighted by atomic mass is 10.1. The van der Waals surface area contributed by atoms with Crippen molar-refractivity contribution in [3.63, 3.8) is 0 Å². The van der Waals surface area contributed by atoms with Crippen molar-refractivity contribution < 1.29 is 38.4 Å². The molecular weight excluding hydrogens is 426 g/mol. The first kappa shape index (κ1) is 22.6. The van der Waals surface area contributed by atoms with E-state index in [-0.39, 0.29) is 16.7 Å². The molecule has 10 heteroatoms. The first-order chi connectivity index (χ1) is 14.9. The van der Waals surface area contributed by atoms with Gasteiger partial charge in [-0.3, -0.25) is 10.1 Å². The Kier molecular flexibility index (Phi) is 7.13. The summed E-state index contributed by atoms with van der Waals surface area (Å²) in [5, 5.41) is 12.0. The Hall–Kier alpha value is -3.11. The molecule has 0 spiro atoms. The highest BCUT2D eigenvalue weighted by Gasteiger charge is 2.31. The van der Waals surface area contributed by atoms with Gasteiger partial charge in [0.15, 0.2) is 23.0 Å². The summed E-state index contributed by atoms with van der Waals surface area (Å²) >= 11 is 1.48. The number of aliphatic carboxylic acids is 1. The molecule has 0 radical (unpaired) electrons. The topological polar surface area (TPSA) is 113 Å². The van der Waals surface area contributed by atoms with Crippen LogP contribution in [0, 0.1) is 0 Å². The molecular formula is C21H23NO8S. The minimum absolute atomic E-state index is 0.199. The quantitative estimate of drug-likeness (QED) is 0.461. The van der Waals surface area contributed by atoms with Crippen molar-refractivity contribution >= 4 is 23.7 Å². The largest absolute Gasteiger partial charge is 0.493 e. The molecule has 0 aliphatic carbocycles. The van der Waals surface area contributed by atoms with Crippen molar-refractivity contribution in [2.45, 2.75) is 11.4 Å². The zero-order chi connectivity index (χ0) is 22.5. The number of ether oxygens (including phenoxy) is 5. The summed E-state index contributed by atoms with van der Waals surface area (Å²) in [5.41, 5.74) is 1.02. The molecule has 2 unspecified atom stereocenters. The first-order valence-corrected chi connectivity index (χ1v) is 10.3. The summed E-state index contributed by atoms with van der Waals surface area (Å²) < 4.78 is 26.7. The Labute approximate surface area is 183 Å². The minimum atomic E-state index is -0.891. The Morgan fingerprint density at radius 2 is 1.58 bits per heavy atom. The van der Waals surface area contributed by atoms with Crippen LogP contribution in [-0.2, 0) is 4.79 Å². The summed E-state index contributed by atoms with van der Waals surface area (Å²) in [7, 11) is 5.85. The van der Waals surface area contributed by atoms with Gasteiger partial charge in [0.1, 0.15) is 6.04 Å². The summed E-state index contributed by atoms with van der Waals surface area (Å²) in [5.74, 6) is 0.525. The number of rotatable bonds is 8. The van der Waals surface area contributed by atoms with Crippen molar-refractivity contribution in [3.8, 4) is 28.7 Å². The maximum absolute atomic E-state index is 12.8. The molecule has 3 rings (SSSR count). The highest BCUT2D eigenvalue weighted by molar-refractivity contribution is 7.99. The van der Waals surface area contributed by atoms with Crippen LogP contribution in [0.15, 0.2) is 30.3 Å². The molecule has 0 saturated carbocycles. The number of esters is 1. The molecule has 31 heavy (non-hydrogen) atoms. The second-order valence-corrected chi connectivity index (χ2v) is 7.62. The number of nitrogens with one attached hydrogen (secondary N) is 1. The van der Waals surface area contributed by atoms with E-state index in [1.165, 1.54) is 52.3 Å². The SMILES string of the molecule is COc1cc(C2NC(C(=O)O)CS2)ccc1OC(=O)c1cc(OC)c(OC)c(OC)c1. The molecule has 2 aromatic carbocycles. The Morgan fingerprint density at radius 3 is 2.10 bits per heavy atom. The minimum Gasteiger partial charge on any atom is -0.493 e. The van der Waals surface area contributed by atoms with Gasteiger partial charge in [-0.15, -0.1) is 11.8 Å². The van der Waals surface area contributed by atoms with E-state index < -0.39 is 18.0 Å². The Bertz CT molecular complexity index is 955. The molecule has 2 atom stereocenters. The predicted molar refractivity (Wildman–Crippen MR) is 114 cm³/mol. The van der Waals surface area contributed by atoms with E-state index in [9.17, 15) is 9.59 Å². The van der Waals surface area contributed by atoms with Crippen LogP contribution in [0.25, 0.3) is 0 Å². The van der Waals surface area contributed by atoms with Gasteiger partial charge >= 0.3 is 11.9 Å². The zero-order valence-corrected chi connectivity index (χ0v) is 18.3. The van der Waals surface area contributed by atoms with Gasteiger partial charge in [-0.1, -0.05) is 6.07 Å². The van der Waals surface area contributed by atoms with Crippen molar-refractivity contribution in [1.29, 1.82) is 0 Å². The van der Waals surface area contributed by atoms with Crippen LogP contribution in [0.3, 0.4) is 0 Å². The number of carboxylic acid groups (broad SMARTS) is 1. The predicted octanol–water partition coefficient (Wildman–Crippen LogP) is 2.73. The van der Waals surface area contributed by atoms with E-state index in [2.05, 4.69) is 5.32 Å². The van der Waals surface area contributed by atoms with Gasteiger partial charge in [0, 0.05) is 5.75 Å². The average molecular weight is 449 g/mol. The fourth-order valence-electron chi connectivity index (χ4n) is 3.10. The Balaban J connectivity index is 1.83. The van der Waals surface area contributed by atoms with E-state index in [0.29, 0.717) is 28.8 Å². The fraction of sp³-hybridized carbons (Fsp3) is 0.333. The van der Waals surface area contributed by atoms with Gasteiger partial charge < -0.3 is 28.8 Å². The molecule has 0 bridgehead atoms. The third-order valence-electron chi connectivity index (χ3n) is 4.67. The lowest BCUT2D eigenvalue weighted by Gasteiger charge is -2.16. The highest BCUT2D eigenvalue weighted by atomic mass is 32.2. The number of carbonyl (C=O) groups is 2. The van der Waals surface area contributed by atoms with Crippen LogP contribution < -0.4 is 29.0 Å².